The molecule has 2 atom stereocenters. The van der Waals surface area contributed by atoms with Gasteiger partial charge in [0.05, 0.1) is 13.2 Å². The molecule has 25 heavy (non-hydrogen) atoms. The van der Waals surface area contributed by atoms with Crippen LogP contribution in [0.4, 0.5) is 9.18 Å². The van der Waals surface area contributed by atoms with Gasteiger partial charge in [-0.25, -0.2) is 9.18 Å². The van der Waals surface area contributed by atoms with E-state index in [2.05, 4.69) is 10.6 Å². The first kappa shape index (κ1) is 19.0. The number of aliphatic hydroxyl groups is 1. The lowest BCUT2D eigenvalue weighted by molar-refractivity contribution is -0.122. The van der Waals surface area contributed by atoms with Gasteiger partial charge in [-0.3, -0.25) is 4.79 Å². The van der Waals surface area contributed by atoms with E-state index in [0.29, 0.717) is 18.5 Å². The maximum Gasteiger partial charge on any atom is 0.317 e. The number of likely N-dealkylation sites (tertiary alicyclic amines) is 1. The predicted octanol–water partition coefficient (Wildman–Crippen LogP) is 0.515. The number of halogens is 1. The summed E-state index contributed by atoms with van der Waals surface area (Å²) in [5, 5.41) is 15.2. The van der Waals surface area contributed by atoms with E-state index >= 15 is 0 Å². The van der Waals surface area contributed by atoms with Crippen LogP contribution in [0.5, 0.6) is 5.75 Å². The molecule has 1 aromatic rings. The van der Waals surface area contributed by atoms with Crippen LogP contribution in [0.15, 0.2) is 18.2 Å². The Morgan fingerprint density at radius 2 is 2.16 bits per heavy atom. The molecule has 138 valence electrons. The van der Waals surface area contributed by atoms with Gasteiger partial charge in [-0.2, -0.15) is 0 Å². The molecule has 8 heteroatoms. The number of ether oxygens (including phenoxy) is 1. The number of nitrogens with zero attached hydrogens (tertiary/aromatic N) is 1. The number of carbonyl (C=O) groups is 2. The third-order valence-corrected chi connectivity index (χ3v) is 4.35. The molecule has 0 saturated carbocycles. The van der Waals surface area contributed by atoms with Crippen molar-refractivity contribution in [1.29, 1.82) is 0 Å². The average molecular weight is 353 g/mol. The molecular formula is C17H24FN3O4. The van der Waals surface area contributed by atoms with Gasteiger partial charge < -0.3 is 25.4 Å². The maximum absolute atomic E-state index is 14.0. The SMILES string of the molecule is CNC(=O)C[C@@H]1CN(C(=O)NCCc2cccc(OC)c2F)C[C@H]1O. The number of nitrogens with one attached hydrogen (secondary N) is 2. The molecule has 2 rings (SSSR count). The van der Waals surface area contributed by atoms with Crippen molar-refractivity contribution in [3.8, 4) is 5.75 Å². The predicted molar refractivity (Wildman–Crippen MR) is 89.8 cm³/mol. The van der Waals surface area contributed by atoms with Crippen molar-refractivity contribution in [2.45, 2.75) is 18.9 Å². The van der Waals surface area contributed by atoms with Crippen molar-refractivity contribution in [2.24, 2.45) is 5.92 Å². The summed E-state index contributed by atoms with van der Waals surface area (Å²) in [5.74, 6) is -0.702. The fraction of sp³-hybridized carbons (Fsp3) is 0.529. The van der Waals surface area contributed by atoms with E-state index in [9.17, 15) is 19.1 Å². The van der Waals surface area contributed by atoms with Crippen LogP contribution in [0.2, 0.25) is 0 Å². The summed E-state index contributed by atoms with van der Waals surface area (Å²) < 4.78 is 19.0. The molecular weight excluding hydrogens is 329 g/mol. The first-order chi connectivity index (χ1) is 12.0. The molecule has 1 saturated heterocycles. The number of aliphatic hydroxyl groups excluding tert-OH is 1. The summed E-state index contributed by atoms with van der Waals surface area (Å²) in [7, 11) is 2.93. The molecule has 7 nitrogen and oxygen atoms in total. The summed E-state index contributed by atoms with van der Waals surface area (Å²) in [5.41, 5.74) is 0.457. The highest BCUT2D eigenvalue weighted by molar-refractivity contribution is 5.77. The molecule has 1 fully saturated rings. The number of urea groups is 1. The van der Waals surface area contributed by atoms with Gasteiger partial charge in [-0.05, 0) is 18.1 Å². The number of amides is 3. The van der Waals surface area contributed by atoms with Gasteiger partial charge in [0.25, 0.3) is 0 Å². The van der Waals surface area contributed by atoms with Crippen molar-refractivity contribution in [3.63, 3.8) is 0 Å². The smallest absolute Gasteiger partial charge is 0.317 e. The molecule has 0 aliphatic carbocycles. The zero-order chi connectivity index (χ0) is 18.4. The van der Waals surface area contributed by atoms with Gasteiger partial charge in [0.1, 0.15) is 0 Å². The van der Waals surface area contributed by atoms with Gasteiger partial charge in [0.15, 0.2) is 11.6 Å². The minimum absolute atomic E-state index is 0.167. The fourth-order valence-electron chi connectivity index (χ4n) is 2.88. The molecule has 3 N–H and O–H groups in total. The number of rotatable bonds is 6. The molecule has 1 aromatic carbocycles. The van der Waals surface area contributed by atoms with Crippen molar-refractivity contribution in [1.82, 2.24) is 15.5 Å². The normalized spacial score (nSPS) is 19.6. The zero-order valence-electron chi connectivity index (χ0n) is 14.4. The molecule has 1 aliphatic rings. The van der Waals surface area contributed by atoms with E-state index in [0.717, 1.165) is 0 Å². The Bertz CT molecular complexity index is 626. The topological polar surface area (TPSA) is 90.9 Å². The number of β-amino-alcohol motifs (C(OH)–C–C–N with tert-alkyl or cyclic N) is 1. The Kier molecular flexibility index (Phi) is 6.58. The second kappa shape index (κ2) is 8.66. The van der Waals surface area contributed by atoms with Crippen LogP contribution in [-0.2, 0) is 11.2 Å². The van der Waals surface area contributed by atoms with Crippen LogP contribution in [0, 0.1) is 11.7 Å². The summed E-state index contributed by atoms with van der Waals surface area (Å²) in [6.45, 7) is 0.755. The van der Waals surface area contributed by atoms with Crippen LogP contribution < -0.4 is 15.4 Å². The second-order valence-corrected chi connectivity index (χ2v) is 6.03. The van der Waals surface area contributed by atoms with Gasteiger partial charge >= 0.3 is 6.03 Å². The lowest BCUT2D eigenvalue weighted by atomic mass is 10.0. The summed E-state index contributed by atoms with van der Waals surface area (Å²) in [4.78, 5) is 25.1. The maximum atomic E-state index is 14.0. The second-order valence-electron chi connectivity index (χ2n) is 6.03. The Labute approximate surface area is 146 Å². The molecule has 0 radical (unpaired) electrons. The van der Waals surface area contributed by atoms with E-state index < -0.39 is 11.9 Å². The first-order valence-corrected chi connectivity index (χ1v) is 8.19. The van der Waals surface area contributed by atoms with Gasteiger partial charge in [-0.1, -0.05) is 12.1 Å². The van der Waals surface area contributed by atoms with Crippen LogP contribution in [0.1, 0.15) is 12.0 Å². The number of benzene rings is 1. The largest absolute Gasteiger partial charge is 0.494 e. The molecule has 1 aliphatic heterocycles. The molecule has 0 unspecified atom stereocenters. The molecule has 0 bridgehead atoms. The third kappa shape index (κ3) is 4.82. The van der Waals surface area contributed by atoms with Crippen LogP contribution >= 0.6 is 0 Å². The summed E-state index contributed by atoms with van der Waals surface area (Å²) in [6.07, 6.45) is -0.220. The van der Waals surface area contributed by atoms with Crippen molar-refractivity contribution in [3.05, 3.63) is 29.6 Å². The Morgan fingerprint density at radius 3 is 2.84 bits per heavy atom. The van der Waals surface area contributed by atoms with Gasteiger partial charge in [-0.15, -0.1) is 0 Å². The quantitative estimate of drug-likeness (QED) is 0.695. The molecule has 1 heterocycles. The Hall–Kier alpha value is -2.35. The van der Waals surface area contributed by atoms with E-state index in [1.165, 1.54) is 25.1 Å². The van der Waals surface area contributed by atoms with Crippen molar-refractivity contribution >= 4 is 11.9 Å². The number of carbonyl (C=O) groups excluding carboxylic acids is 2. The Balaban J connectivity index is 1.82. The fourth-order valence-corrected chi connectivity index (χ4v) is 2.88. The van der Waals surface area contributed by atoms with E-state index in [1.54, 1.807) is 12.1 Å². The van der Waals surface area contributed by atoms with E-state index in [-0.39, 0.29) is 43.1 Å². The zero-order valence-corrected chi connectivity index (χ0v) is 14.4. The first-order valence-electron chi connectivity index (χ1n) is 8.19. The average Bonchev–Trinajstić information content (AvgIpc) is 2.97. The highest BCUT2D eigenvalue weighted by Crippen LogP contribution is 2.21. The monoisotopic (exact) mass is 353 g/mol. The van der Waals surface area contributed by atoms with E-state index in [1.807, 2.05) is 0 Å². The molecule has 0 spiro atoms. The number of methoxy groups -OCH3 is 1. The minimum atomic E-state index is -0.723. The highest BCUT2D eigenvalue weighted by atomic mass is 19.1. The van der Waals surface area contributed by atoms with Crippen molar-refractivity contribution in [2.75, 3.05) is 33.8 Å². The standard InChI is InChI=1S/C17H24FN3O4/c1-19-15(23)8-12-9-21(10-13(12)22)17(24)20-7-6-11-4-3-5-14(25-2)16(11)18/h3-5,12-13,22H,6-10H2,1-2H3,(H,19,23)(H,20,24)/t12-,13-/m1/s1. The summed E-state index contributed by atoms with van der Waals surface area (Å²) >= 11 is 0. The number of hydrogen-bond acceptors (Lipinski definition) is 4. The van der Waals surface area contributed by atoms with E-state index in [4.69, 9.17) is 4.74 Å². The van der Waals surface area contributed by atoms with Crippen LogP contribution in [-0.4, -0.2) is 61.8 Å². The Morgan fingerprint density at radius 1 is 1.40 bits per heavy atom. The van der Waals surface area contributed by atoms with Gasteiger partial charge in [0, 0.05) is 39.0 Å². The number of hydrogen-bond donors (Lipinski definition) is 3. The lowest BCUT2D eigenvalue weighted by Gasteiger charge is -2.17. The van der Waals surface area contributed by atoms with Gasteiger partial charge in [0.2, 0.25) is 5.91 Å². The minimum Gasteiger partial charge on any atom is -0.494 e. The molecule has 3 amide bonds. The molecule has 0 aromatic heterocycles. The van der Waals surface area contributed by atoms with Crippen LogP contribution in [0.3, 0.4) is 0 Å². The highest BCUT2D eigenvalue weighted by Gasteiger charge is 2.34. The lowest BCUT2D eigenvalue weighted by Crippen LogP contribution is -2.40. The third-order valence-electron chi connectivity index (χ3n) is 4.35. The summed E-state index contributed by atoms with van der Waals surface area (Å²) in [6, 6.07) is 4.54. The van der Waals surface area contributed by atoms with Crippen molar-refractivity contribution < 1.29 is 23.8 Å². The van der Waals surface area contributed by atoms with Crippen LogP contribution in [0.25, 0.3) is 0 Å².